The van der Waals surface area contributed by atoms with Crippen molar-refractivity contribution in [1.29, 1.82) is 0 Å². The van der Waals surface area contributed by atoms with Gasteiger partial charge in [-0.15, -0.1) is 0 Å². The number of methoxy groups -OCH3 is 1. The summed E-state index contributed by atoms with van der Waals surface area (Å²) in [4.78, 5) is 31.6. The van der Waals surface area contributed by atoms with Crippen molar-refractivity contribution in [2.24, 2.45) is 5.92 Å². The topological polar surface area (TPSA) is 71.5 Å². The minimum atomic E-state index is -0.249. The third-order valence-electron chi connectivity index (χ3n) is 5.48. The Morgan fingerprint density at radius 1 is 1.19 bits per heavy atom. The van der Waals surface area contributed by atoms with Crippen LogP contribution in [0.4, 0.5) is 9.93 Å². The molecule has 0 bridgehead atoms. The maximum Gasteiger partial charge on any atom is 0.324 e. The summed E-state index contributed by atoms with van der Waals surface area (Å²) in [5.41, 5.74) is 0. The summed E-state index contributed by atoms with van der Waals surface area (Å²) in [5.74, 6) is -0.457. The lowest BCUT2D eigenvalue weighted by molar-refractivity contribution is -0.149. The second kappa shape index (κ2) is 9.04. The van der Waals surface area contributed by atoms with Gasteiger partial charge in [0, 0.05) is 12.1 Å². The molecule has 0 radical (unpaired) electrons. The summed E-state index contributed by atoms with van der Waals surface area (Å²) in [6.07, 6.45) is 10.6. The molecular weight excluding hydrogens is 374 g/mol. The van der Waals surface area contributed by atoms with Crippen LogP contribution in [0.3, 0.4) is 0 Å². The Morgan fingerprint density at radius 3 is 2.54 bits per heavy atom. The Balaban J connectivity index is 1.83. The molecule has 2 aliphatic rings. The molecule has 144 valence electrons. The number of hydrogen-bond donors (Lipinski definition) is 1. The van der Waals surface area contributed by atoms with Gasteiger partial charge in [0.2, 0.25) is 0 Å². The molecule has 0 spiro atoms. The summed E-state index contributed by atoms with van der Waals surface area (Å²) in [6, 6.07) is -0.132. The van der Waals surface area contributed by atoms with Gasteiger partial charge in [0.05, 0.1) is 19.2 Å². The molecule has 2 fully saturated rings. The van der Waals surface area contributed by atoms with E-state index >= 15 is 0 Å². The molecule has 0 saturated heterocycles. The molecule has 2 saturated carbocycles. The van der Waals surface area contributed by atoms with E-state index in [-0.39, 0.29) is 30.0 Å². The fourth-order valence-electron chi connectivity index (χ4n) is 4.29. The first-order valence-corrected chi connectivity index (χ1v) is 10.6. The van der Waals surface area contributed by atoms with E-state index in [1.54, 1.807) is 0 Å². The molecule has 26 heavy (non-hydrogen) atoms. The number of aromatic nitrogens is 1. The van der Waals surface area contributed by atoms with Crippen LogP contribution < -0.4 is 5.32 Å². The monoisotopic (exact) mass is 399 g/mol. The third-order valence-corrected chi connectivity index (χ3v) is 6.51. The van der Waals surface area contributed by atoms with Gasteiger partial charge >= 0.3 is 12.0 Å². The highest BCUT2D eigenvalue weighted by atomic mass is 35.5. The zero-order valence-electron chi connectivity index (χ0n) is 15.1. The number of rotatable bonds is 4. The van der Waals surface area contributed by atoms with E-state index in [0.717, 1.165) is 51.4 Å². The standard InChI is InChI=1S/C18H26ClN3O3S/c1-25-16(23)13-9-5-6-10-14(13)22(12-7-3-2-4-8-12)18(24)21-17-20-11-15(19)26-17/h11-14H,2-10H2,1H3,(H,20,21,24). The Hall–Kier alpha value is -1.34. The lowest BCUT2D eigenvalue weighted by Gasteiger charge is -2.44. The van der Waals surface area contributed by atoms with Crippen LogP contribution in [0, 0.1) is 5.92 Å². The van der Waals surface area contributed by atoms with Crippen LogP contribution >= 0.6 is 22.9 Å². The van der Waals surface area contributed by atoms with Crippen molar-refractivity contribution in [2.75, 3.05) is 12.4 Å². The second-order valence-corrected chi connectivity index (χ2v) is 8.74. The van der Waals surface area contributed by atoms with Crippen molar-refractivity contribution in [2.45, 2.75) is 69.9 Å². The molecule has 1 aromatic rings. The minimum Gasteiger partial charge on any atom is -0.469 e. The highest BCUT2D eigenvalue weighted by Gasteiger charge is 2.41. The number of esters is 1. The first kappa shape index (κ1) is 19.4. The van der Waals surface area contributed by atoms with Gasteiger partial charge in [0.15, 0.2) is 5.13 Å². The number of anilines is 1. The van der Waals surface area contributed by atoms with Crippen molar-refractivity contribution in [3.05, 3.63) is 10.5 Å². The second-order valence-electron chi connectivity index (χ2n) is 7.08. The van der Waals surface area contributed by atoms with E-state index in [1.165, 1.54) is 31.1 Å². The molecule has 8 heteroatoms. The summed E-state index contributed by atoms with van der Waals surface area (Å²) < 4.78 is 5.57. The van der Waals surface area contributed by atoms with Crippen LogP contribution in [0.25, 0.3) is 0 Å². The summed E-state index contributed by atoms with van der Waals surface area (Å²) >= 11 is 7.18. The highest BCUT2D eigenvalue weighted by molar-refractivity contribution is 7.19. The van der Waals surface area contributed by atoms with Crippen molar-refractivity contribution >= 4 is 40.1 Å². The van der Waals surface area contributed by atoms with Crippen molar-refractivity contribution < 1.29 is 14.3 Å². The Kier molecular flexibility index (Phi) is 6.75. The maximum atomic E-state index is 13.2. The van der Waals surface area contributed by atoms with Crippen LogP contribution in [0.2, 0.25) is 4.34 Å². The fourth-order valence-corrected chi connectivity index (χ4v) is 5.09. The number of nitrogens with zero attached hydrogens (tertiary/aromatic N) is 2. The average Bonchev–Trinajstić information content (AvgIpc) is 3.07. The average molecular weight is 400 g/mol. The molecule has 3 rings (SSSR count). The van der Waals surface area contributed by atoms with Gasteiger partial charge < -0.3 is 9.64 Å². The molecule has 1 N–H and O–H groups in total. The zero-order valence-corrected chi connectivity index (χ0v) is 16.7. The Bertz CT molecular complexity index is 633. The quantitative estimate of drug-likeness (QED) is 0.745. The summed E-state index contributed by atoms with van der Waals surface area (Å²) in [7, 11) is 1.43. The fraction of sp³-hybridized carbons (Fsp3) is 0.722. The lowest BCUT2D eigenvalue weighted by Crippen LogP contribution is -2.55. The number of carbonyl (C=O) groups is 2. The third kappa shape index (κ3) is 4.49. The number of nitrogens with one attached hydrogen (secondary N) is 1. The summed E-state index contributed by atoms with van der Waals surface area (Å²) in [5, 5.41) is 3.38. The van der Waals surface area contributed by atoms with Crippen LogP contribution in [-0.2, 0) is 9.53 Å². The predicted octanol–water partition coefficient (Wildman–Crippen LogP) is 4.69. The van der Waals surface area contributed by atoms with E-state index < -0.39 is 0 Å². The van der Waals surface area contributed by atoms with E-state index in [9.17, 15) is 9.59 Å². The molecule has 6 nitrogen and oxygen atoms in total. The number of carbonyl (C=O) groups excluding carboxylic acids is 2. The number of thiazole rings is 1. The molecule has 0 aromatic carbocycles. The molecule has 2 aliphatic carbocycles. The van der Waals surface area contributed by atoms with Crippen LogP contribution in [-0.4, -0.2) is 41.1 Å². The molecule has 2 amide bonds. The number of ether oxygens (including phenoxy) is 1. The van der Waals surface area contributed by atoms with Crippen LogP contribution in [0.1, 0.15) is 57.8 Å². The van der Waals surface area contributed by atoms with Gasteiger partial charge in [0.25, 0.3) is 0 Å². The lowest BCUT2D eigenvalue weighted by atomic mass is 9.81. The maximum absolute atomic E-state index is 13.2. The van der Waals surface area contributed by atoms with Gasteiger partial charge in [-0.3, -0.25) is 10.1 Å². The van der Waals surface area contributed by atoms with E-state index in [2.05, 4.69) is 10.3 Å². The largest absolute Gasteiger partial charge is 0.469 e. The van der Waals surface area contributed by atoms with Gasteiger partial charge in [-0.05, 0) is 25.7 Å². The number of amides is 2. The van der Waals surface area contributed by atoms with Crippen molar-refractivity contribution in [1.82, 2.24) is 9.88 Å². The van der Waals surface area contributed by atoms with Gasteiger partial charge in [-0.25, -0.2) is 9.78 Å². The van der Waals surface area contributed by atoms with E-state index in [1.807, 2.05) is 4.90 Å². The first-order valence-electron chi connectivity index (χ1n) is 9.38. The Morgan fingerprint density at radius 2 is 1.88 bits per heavy atom. The number of halogens is 1. The van der Waals surface area contributed by atoms with E-state index in [4.69, 9.17) is 16.3 Å². The molecular formula is C18H26ClN3O3S. The van der Waals surface area contributed by atoms with Crippen LogP contribution in [0.5, 0.6) is 0 Å². The molecule has 1 aromatic heterocycles. The molecule has 1 heterocycles. The molecule has 0 aliphatic heterocycles. The van der Waals surface area contributed by atoms with Gasteiger partial charge in [-0.2, -0.15) is 0 Å². The smallest absolute Gasteiger partial charge is 0.324 e. The van der Waals surface area contributed by atoms with Crippen LogP contribution in [0.15, 0.2) is 6.20 Å². The molecule has 2 atom stereocenters. The first-order chi connectivity index (χ1) is 12.6. The predicted molar refractivity (Wildman–Crippen MR) is 103 cm³/mol. The van der Waals surface area contributed by atoms with Crippen molar-refractivity contribution in [3.63, 3.8) is 0 Å². The number of urea groups is 1. The molecule has 2 unspecified atom stereocenters. The zero-order chi connectivity index (χ0) is 18.5. The van der Waals surface area contributed by atoms with Gasteiger partial charge in [-0.1, -0.05) is 55.0 Å². The normalized spacial score (nSPS) is 24.1. The van der Waals surface area contributed by atoms with Crippen molar-refractivity contribution in [3.8, 4) is 0 Å². The summed E-state index contributed by atoms with van der Waals surface area (Å²) in [6.45, 7) is 0. The SMILES string of the molecule is COC(=O)C1CCCCC1N(C(=O)Nc1ncc(Cl)s1)C1CCCCC1. The van der Waals surface area contributed by atoms with Gasteiger partial charge in [0.1, 0.15) is 4.34 Å². The van der Waals surface area contributed by atoms with E-state index in [0.29, 0.717) is 9.47 Å². The number of hydrogen-bond acceptors (Lipinski definition) is 5. The highest BCUT2D eigenvalue weighted by Crippen LogP contribution is 2.35. The Labute approximate surface area is 163 Å². The minimum absolute atomic E-state index is 0.116.